The lowest BCUT2D eigenvalue weighted by atomic mass is 9.94. The second-order valence-electron chi connectivity index (χ2n) is 9.13. The Bertz CT molecular complexity index is 1810. The zero-order chi connectivity index (χ0) is 24.6. The summed E-state index contributed by atoms with van der Waals surface area (Å²) < 4.78 is 6.12. The van der Waals surface area contributed by atoms with Crippen molar-refractivity contribution in [2.75, 3.05) is 0 Å². The van der Waals surface area contributed by atoms with Crippen molar-refractivity contribution in [2.24, 2.45) is 0 Å². The SMILES string of the molecule is c1ccc(-c2cc(-c3ccccc3)cc(-c3cc(-c4ccc5c(c4)oc4ccccc45)ncn3)c2)cc1. The van der Waals surface area contributed by atoms with E-state index in [1.807, 2.05) is 30.3 Å². The van der Waals surface area contributed by atoms with Gasteiger partial charge >= 0.3 is 0 Å². The van der Waals surface area contributed by atoms with Gasteiger partial charge in [0.25, 0.3) is 0 Å². The highest BCUT2D eigenvalue weighted by Crippen LogP contribution is 2.35. The number of benzene rings is 5. The maximum Gasteiger partial charge on any atom is 0.136 e. The van der Waals surface area contributed by atoms with E-state index < -0.39 is 0 Å². The topological polar surface area (TPSA) is 38.9 Å². The summed E-state index contributed by atoms with van der Waals surface area (Å²) in [7, 11) is 0. The average molecular weight is 475 g/mol. The molecule has 2 heterocycles. The molecule has 3 heteroatoms. The highest BCUT2D eigenvalue weighted by atomic mass is 16.3. The van der Waals surface area contributed by atoms with Gasteiger partial charge in [0, 0.05) is 21.9 Å². The summed E-state index contributed by atoms with van der Waals surface area (Å²) in [4.78, 5) is 9.27. The molecule has 37 heavy (non-hydrogen) atoms. The molecule has 0 amide bonds. The summed E-state index contributed by atoms with van der Waals surface area (Å²) in [5.74, 6) is 0. The van der Waals surface area contributed by atoms with Gasteiger partial charge in [-0.3, -0.25) is 0 Å². The lowest BCUT2D eigenvalue weighted by Gasteiger charge is -2.11. The molecule has 0 aliphatic rings. The summed E-state index contributed by atoms with van der Waals surface area (Å²) >= 11 is 0. The third-order valence-corrected chi connectivity index (χ3v) is 6.78. The second kappa shape index (κ2) is 8.89. The third kappa shape index (κ3) is 3.97. The van der Waals surface area contributed by atoms with Gasteiger partial charge in [-0.1, -0.05) is 84.9 Å². The van der Waals surface area contributed by atoms with Crippen molar-refractivity contribution in [3.63, 3.8) is 0 Å². The highest BCUT2D eigenvalue weighted by molar-refractivity contribution is 6.05. The monoisotopic (exact) mass is 474 g/mol. The van der Waals surface area contributed by atoms with Crippen LogP contribution in [0.25, 0.3) is 66.7 Å². The number of rotatable bonds is 4. The van der Waals surface area contributed by atoms with E-state index in [9.17, 15) is 0 Å². The maximum atomic E-state index is 6.12. The van der Waals surface area contributed by atoms with Gasteiger partial charge in [-0.25, -0.2) is 9.97 Å². The molecule has 0 atom stereocenters. The Morgan fingerprint density at radius 3 is 1.65 bits per heavy atom. The second-order valence-corrected chi connectivity index (χ2v) is 9.13. The zero-order valence-electron chi connectivity index (χ0n) is 20.0. The fourth-order valence-electron chi connectivity index (χ4n) is 4.93. The van der Waals surface area contributed by atoms with Gasteiger partial charge in [0.1, 0.15) is 17.5 Å². The summed E-state index contributed by atoms with van der Waals surface area (Å²) in [5.41, 5.74) is 10.2. The summed E-state index contributed by atoms with van der Waals surface area (Å²) in [6.45, 7) is 0. The molecule has 0 saturated heterocycles. The molecule has 3 nitrogen and oxygen atoms in total. The van der Waals surface area contributed by atoms with Crippen molar-refractivity contribution in [2.45, 2.75) is 0 Å². The normalized spacial score (nSPS) is 11.2. The lowest BCUT2D eigenvalue weighted by Crippen LogP contribution is -1.91. The number of fused-ring (bicyclic) bond motifs is 3. The van der Waals surface area contributed by atoms with E-state index in [2.05, 4.69) is 107 Å². The minimum Gasteiger partial charge on any atom is -0.456 e. The molecule has 0 unspecified atom stereocenters. The fourth-order valence-corrected chi connectivity index (χ4v) is 4.93. The Balaban J connectivity index is 1.35. The Labute approximate surface area is 214 Å². The van der Waals surface area contributed by atoms with Crippen LogP contribution in [0, 0.1) is 0 Å². The van der Waals surface area contributed by atoms with Crippen molar-refractivity contribution >= 4 is 21.9 Å². The molecular formula is C34H22N2O. The molecule has 5 aromatic carbocycles. The first-order valence-electron chi connectivity index (χ1n) is 12.3. The standard InChI is InChI=1S/C34H22N2O/c1-3-9-23(10-4-1)26-17-27(24-11-5-2-6-12-24)19-28(18-26)32-21-31(35-22-36-32)25-15-16-30-29-13-7-8-14-33(29)37-34(30)20-25/h1-22H. The number of hydrogen-bond donors (Lipinski definition) is 0. The Kier molecular flexibility index (Phi) is 5.11. The van der Waals surface area contributed by atoms with Gasteiger partial charge in [0.2, 0.25) is 0 Å². The molecule has 0 spiro atoms. The minimum absolute atomic E-state index is 0.858. The van der Waals surface area contributed by atoms with Gasteiger partial charge in [-0.15, -0.1) is 0 Å². The first kappa shape index (κ1) is 21.3. The van der Waals surface area contributed by atoms with Crippen LogP contribution in [0.2, 0.25) is 0 Å². The molecular weight excluding hydrogens is 452 g/mol. The molecule has 0 fully saturated rings. The third-order valence-electron chi connectivity index (χ3n) is 6.78. The van der Waals surface area contributed by atoms with E-state index in [4.69, 9.17) is 4.42 Å². The number of aromatic nitrogens is 2. The summed E-state index contributed by atoms with van der Waals surface area (Å²) in [5, 5.41) is 2.23. The van der Waals surface area contributed by atoms with E-state index >= 15 is 0 Å². The summed E-state index contributed by atoms with van der Waals surface area (Å²) in [6, 6.07) is 44.0. The summed E-state index contributed by atoms with van der Waals surface area (Å²) in [6.07, 6.45) is 1.64. The molecule has 0 N–H and O–H groups in total. The van der Waals surface area contributed by atoms with Crippen molar-refractivity contribution in [1.82, 2.24) is 9.97 Å². The smallest absolute Gasteiger partial charge is 0.136 e. The molecule has 0 radical (unpaired) electrons. The van der Waals surface area contributed by atoms with Crippen LogP contribution in [0.5, 0.6) is 0 Å². The van der Waals surface area contributed by atoms with Crippen LogP contribution < -0.4 is 0 Å². The Morgan fingerprint density at radius 2 is 0.946 bits per heavy atom. The zero-order valence-corrected chi connectivity index (χ0v) is 20.0. The molecule has 0 saturated carbocycles. The fraction of sp³-hybridized carbons (Fsp3) is 0. The predicted molar refractivity (Wildman–Crippen MR) is 151 cm³/mol. The van der Waals surface area contributed by atoms with Gasteiger partial charge in [-0.2, -0.15) is 0 Å². The Hall–Kier alpha value is -5.02. The van der Waals surface area contributed by atoms with Crippen molar-refractivity contribution < 1.29 is 4.42 Å². The molecule has 7 rings (SSSR count). The van der Waals surface area contributed by atoms with E-state index in [-0.39, 0.29) is 0 Å². The van der Waals surface area contributed by atoms with E-state index in [0.29, 0.717) is 0 Å². The number of hydrogen-bond acceptors (Lipinski definition) is 3. The molecule has 0 bridgehead atoms. The molecule has 174 valence electrons. The first-order valence-corrected chi connectivity index (χ1v) is 12.3. The maximum absolute atomic E-state index is 6.12. The largest absolute Gasteiger partial charge is 0.456 e. The quantitative estimate of drug-likeness (QED) is 0.255. The van der Waals surface area contributed by atoms with Crippen LogP contribution in [-0.2, 0) is 0 Å². The van der Waals surface area contributed by atoms with Gasteiger partial charge in [0.05, 0.1) is 11.4 Å². The highest BCUT2D eigenvalue weighted by Gasteiger charge is 2.12. The lowest BCUT2D eigenvalue weighted by molar-refractivity contribution is 0.669. The van der Waals surface area contributed by atoms with Gasteiger partial charge in [-0.05, 0) is 64.7 Å². The van der Waals surface area contributed by atoms with Crippen LogP contribution in [0.1, 0.15) is 0 Å². The van der Waals surface area contributed by atoms with Crippen LogP contribution in [0.15, 0.2) is 138 Å². The number of para-hydroxylation sites is 1. The number of nitrogens with zero attached hydrogens (tertiary/aromatic N) is 2. The first-order chi connectivity index (χ1) is 18.3. The average Bonchev–Trinajstić information content (AvgIpc) is 3.36. The van der Waals surface area contributed by atoms with E-state index in [1.54, 1.807) is 6.33 Å². The molecule has 7 aromatic rings. The van der Waals surface area contributed by atoms with E-state index in [1.165, 1.54) is 11.1 Å². The van der Waals surface area contributed by atoms with Crippen molar-refractivity contribution in [1.29, 1.82) is 0 Å². The van der Waals surface area contributed by atoms with Crippen LogP contribution in [-0.4, -0.2) is 9.97 Å². The van der Waals surface area contributed by atoms with Crippen LogP contribution in [0.3, 0.4) is 0 Å². The predicted octanol–water partition coefficient (Wildman–Crippen LogP) is 9.04. The Morgan fingerprint density at radius 1 is 0.378 bits per heavy atom. The van der Waals surface area contributed by atoms with Crippen molar-refractivity contribution in [3.8, 4) is 44.8 Å². The van der Waals surface area contributed by atoms with E-state index in [0.717, 1.165) is 55.6 Å². The molecule has 0 aliphatic heterocycles. The minimum atomic E-state index is 0.858. The molecule has 0 aliphatic carbocycles. The van der Waals surface area contributed by atoms with Gasteiger partial charge < -0.3 is 4.42 Å². The molecule has 2 aromatic heterocycles. The number of furan rings is 1. The van der Waals surface area contributed by atoms with Crippen molar-refractivity contribution in [3.05, 3.63) is 134 Å². The van der Waals surface area contributed by atoms with Crippen LogP contribution >= 0.6 is 0 Å². The van der Waals surface area contributed by atoms with Crippen LogP contribution in [0.4, 0.5) is 0 Å². The van der Waals surface area contributed by atoms with Gasteiger partial charge in [0.15, 0.2) is 0 Å².